The van der Waals surface area contributed by atoms with E-state index in [0.29, 0.717) is 11.1 Å². The zero-order valence-electron chi connectivity index (χ0n) is 8.94. The first kappa shape index (κ1) is 13.0. The highest BCUT2D eigenvalue weighted by atomic mass is 16.4. The van der Waals surface area contributed by atoms with Gasteiger partial charge in [-0.2, -0.15) is 0 Å². The molecule has 14 heavy (non-hydrogen) atoms. The van der Waals surface area contributed by atoms with Crippen molar-refractivity contribution < 1.29 is 20.4 Å². The molecule has 0 unspecified atom stereocenters. The summed E-state index contributed by atoms with van der Waals surface area (Å²) in [6.45, 7) is 6.41. The third-order valence-electron chi connectivity index (χ3n) is 1.88. The van der Waals surface area contributed by atoms with Gasteiger partial charge in [0.2, 0.25) is 0 Å². The Labute approximate surface area is 83.8 Å². The van der Waals surface area contributed by atoms with Gasteiger partial charge in [0.25, 0.3) is 0 Å². The fourth-order valence-corrected chi connectivity index (χ4v) is 0.891. The van der Waals surface area contributed by atoms with Gasteiger partial charge in [0.1, 0.15) is 23.7 Å². The largest absolute Gasteiger partial charge is 0.510 e. The van der Waals surface area contributed by atoms with E-state index in [2.05, 4.69) is 0 Å². The summed E-state index contributed by atoms with van der Waals surface area (Å²) in [6, 6.07) is 0. The predicted octanol–water partition coefficient (Wildman–Crippen LogP) is 1.41. The van der Waals surface area contributed by atoms with Crippen molar-refractivity contribution in [3.8, 4) is 0 Å². The summed E-state index contributed by atoms with van der Waals surface area (Å²) in [6.07, 6.45) is -2.95. The van der Waals surface area contributed by atoms with Crippen molar-refractivity contribution in [1.82, 2.24) is 0 Å². The molecule has 0 radical (unpaired) electrons. The maximum Gasteiger partial charge on any atom is 0.144 e. The number of aliphatic hydroxyl groups excluding tert-OH is 4. The van der Waals surface area contributed by atoms with Crippen molar-refractivity contribution >= 4 is 0 Å². The Morgan fingerprint density at radius 2 is 0.929 bits per heavy atom. The average molecular weight is 202 g/mol. The Bertz CT molecular complexity index is 229. The molecule has 0 heterocycles. The van der Waals surface area contributed by atoms with Crippen molar-refractivity contribution in [1.29, 1.82) is 0 Å². The topological polar surface area (TPSA) is 80.9 Å². The summed E-state index contributed by atoms with van der Waals surface area (Å²) in [7, 11) is 0. The van der Waals surface area contributed by atoms with Gasteiger partial charge in [-0.3, -0.25) is 0 Å². The van der Waals surface area contributed by atoms with E-state index >= 15 is 0 Å². The normalized spacial score (nSPS) is 14.4. The van der Waals surface area contributed by atoms with Crippen molar-refractivity contribution in [2.24, 2.45) is 0 Å². The number of allylic oxidation sites excluding steroid dienone is 2. The van der Waals surface area contributed by atoms with Crippen LogP contribution in [0.3, 0.4) is 0 Å². The SMILES string of the molecule is CC(C)=C(O)[C@@H](O)[C@@H](O)C(O)=C(C)C. The third kappa shape index (κ3) is 3.05. The van der Waals surface area contributed by atoms with Crippen LogP contribution in [0, 0.1) is 0 Å². The van der Waals surface area contributed by atoms with Crippen LogP contribution in [0.15, 0.2) is 22.7 Å². The van der Waals surface area contributed by atoms with E-state index in [4.69, 9.17) is 0 Å². The molecule has 0 spiro atoms. The summed E-state index contributed by atoms with van der Waals surface area (Å²) in [4.78, 5) is 0. The molecule has 4 heteroatoms. The smallest absolute Gasteiger partial charge is 0.144 e. The van der Waals surface area contributed by atoms with E-state index in [-0.39, 0.29) is 11.5 Å². The molecule has 0 aliphatic carbocycles. The van der Waals surface area contributed by atoms with Gasteiger partial charge in [0.05, 0.1) is 0 Å². The Kier molecular flexibility index (Phi) is 4.67. The van der Waals surface area contributed by atoms with E-state index in [9.17, 15) is 20.4 Å². The van der Waals surface area contributed by atoms with Crippen LogP contribution in [0.1, 0.15) is 27.7 Å². The molecule has 0 aromatic carbocycles. The van der Waals surface area contributed by atoms with Crippen molar-refractivity contribution in [2.75, 3.05) is 0 Å². The molecule has 0 saturated heterocycles. The molecule has 0 bridgehead atoms. The predicted molar refractivity (Wildman–Crippen MR) is 54.0 cm³/mol. The Morgan fingerprint density at radius 3 is 1.07 bits per heavy atom. The molecule has 0 saturated carbocycles. The first-order chi connectivity index (χ1) is 6.29. The van der Waals surface area contributed by atoms with E-state index in [1.54, 1.807) is 27.7 Å². The lowest BCUT2D eigenvalue weighted by molar-refractivity contribution is 0.0150. The van der Waals surface area contributed by atoms with Crippen LogP contribution in [-0.2, 0) is 0 Å². The van der Waals surface area contributed by atoms with Crippen LogP contribution in [-0.4, -0.2) is 32.6 Å². The van der Waals surface area contributed by atoms with Gasteiger partial charge in [0.15, 0.2) is 0 Å². The van der Waals surface area contributed by atoms with Gasteiger partial charge in [-0.25, -0.2) is 0 Å². The monoisotopic (exact) mass is 202 g/mol. The molecule has 2 atom stereocenters. The van der Waals surface area contributed by atoms with Gasteiger partial charge >= 0.3 is 0 Å². The highest BCUT2D eigenvalue weighted by molar-refractivity contribution is 5.16. The third-order valence-corrected chi connectivity index (χ3v) is 1.88. The second-order valence-electron chi connectivity index (χ2n) is 3.66. The standard InChI is InChI=1S/C10H18O4/c1-5(2)7(11)9(13)10(14)8(12)6(3)4/h9-14H,1-4H3/t9-,10+. The molecule has 82 valence electrons. The molecule has 0 fully saturated rings. The van der Waals surface area contributed by atoms with Crippen LogP contribution in [0.4, 0.5) is 0 Å². The highest BCUT2D eigenvalue weighted by Gasteiger charge is 2.25. The highest BCUT2D eigenvalue weighted by Crippen LogP contribution is 2.15. The van der Waals surface area contributed by atoms with Crippen molar-refractivity contribution in [3.05, 3.63) is 22.7 Å². The number of rotatable bonds is 3. The quantitative estimate of drug-likeness (QED) is 0.522. The minimum absolute atomic E-state index is 0.315. The summed E-state index contributed by atoms with van der Waals surface area (Å²) in [5, 5.41) is 37.5. The van der Waals surface area contributed by atoms with Crippen LogP contribution in [0.25, 0.3) is 0 Å². The molecule has 4 nitrogen and oxygen atoms in total. The van der Waals surface area contributed by atoms with E-state index in [1.807, 2.05) is 0 Å². The molecule has 0 amide bonds. The van der Waals surface area contributed by atoms with E-state index in [1.165, 1.54) is 0 Å². The van der Waals surface area contributed by atoms with Gasteiger partial charge in [-0.05, 0) is 38.8 Å². The fraction of sp³-hybridized carbons (Fsp3) is 0.600. The Hall–Kier alpha value is -1.00. The number of hydrogen-bond donors (Lipinski definition) is 4. The second kappa shape index (κ2) is 5.02. The fourth-order valence-electron chi connectivity index (χ4n) is 0.891. The Morgan fingerprint density at radius 1 is 0.714 bits per heavy atom. The summed E-state index contributed by atoms with van der Waals surface area (Å²) in [5.74, 6) is -0.629. The molecule has 0 aliphatic heterocycles. The maximum atomic E-state index is 9.42. The zero-order chi connectivity index (χ0) is 11.5. The number of hydrogen-bond acceptors (Lipinski definition) is 4. The van der Waals surface area contributed by atoms with E-state index in [0.717, 1.165) is 0 Å². The van der Waals surface area contributed by atoms with E-state index < -0.39 is 12.2 Å². The van der Waals surface area contributed by atoms with Crippen LogP contribution >= 0.6 is 0 Å². The first-order valence-corrected chi connectivity index (χ1v) is 4.37. The molecular formula is C10H18O4. The molecule has 0 aromatic rings. The van der Waals surface area contributed by atoms with Gasteiger partial charge in [-0.1, -0.05) is 0 Å². The van der Waals surface area contributed by atoms with Gasteiger partial charge in [0, 0.05) is 0 Å². The minimum atomic E-state index is -1.48. The lowest BCUT2D eigenvalue weighted by Gasteiger charge is -2.18. The van der Waals surface area contributed by atoms with Crippen LogP contribution in [0.2, 0.25) is 0 Å². The summed E-state index contributed by atoms with van der Waals surface area (Å²) >= 11 is 0. The molecular weight excluding hydrogens is 184 g/mol. The summed E-state index contributed by atoms with van der Waals surface area (Å²) in [5.41, 5.74) is 0.996. The molecule has 4 N–H and O–H groups in total. The van der Waals surface area contributed by atoms with Crippen molar-refractivity contribution in [3.63, 3.8) is 0 Å². The van der Waals surface area contributed by atoms with Gasteiger partial charge in [-0.15, -0.1) is 0 Å². The first-order valence-electron chi connectivity index (χ1n) is 4.37. The van der Waals surface area contributed by atoms with Crippen LogP contribution in [0.5, 0.6) is 0 Å². The molecule has 0 rings (SSSR count). The molecule has 0 aliphatic rings. The Balaban J connectivity index is 4.82. The molecule has 0 aromatic heterocycles. The minimum Gasteiger partial charge on any atom is -0.510 e. The zero-order valence-corrected chi connectivity index (χ0v) is 8.94. The maximum absolute atomic E-state index is 9.42. The lowest BCUT2D eigenvalue weighted by atomic mass is 10.1. The summed E-state index contributed by atoms with van der Waals surface area (Å²) < 4.78 is 0. The second-order valence-corrected chi connectivity index (χ2v) is 3.66. The average Bonchev–Trinajstić information content (AvgIpc) is 2.12. The number of aliphatic hydroxyl groups is 4. The van der Waals surface area contributed by atoms with Crippen LogP contribution < -0.4 is 0 Å². The van der Waals surface area contributed by atoms with Gasteiger partial charge < -0.3 is 20.4 Å². The lowest BCUT2D eigenvalue weighted by Crippen LogP contribution is -2.30. The van der Waals surface area contributed by atoms with Crippen molar-refractivity contribution in [2.45, 2.75) is 39.9 Å².